The maximum absolute atomic E-state index is 11.4. The van der Waals surface area contributed by atoms with Crippen molar-refractivity contribution >= 4 is 17.4 Å². The molecular formula is C17H17NO4. The van der Waals surface area contributed by atoms with E-state index >= 15 is 0 Å². The van der Waals surface area contributed by atoms with Crippen LogP contribution in [-0.4, -0.2) is 30.1 Å². The molecule has 0 atom stereocenters. The monoisotopic (exact) mass is 299 g/mol. The Labute approximate surface area is 128 Å². The molecule has 0 spiro atoms. The highest BCUT2D eigenvalue weighted by Crippen LogP contribution is 2.18. The fourth-order valence-corrected chi connectivity index (χ4v) is 1.99. The zero-order valence-corrected chi connectivity index (χ0v) is 12.2. The summed E-state index contributed by atoms with van der Waals surface area (Å²) in [6.45, 7) is 1.79. The summed E-state index contributed by atoms with van der Waals surface area (Å²) < 4.78 is 5.65. The Kier molecular flexibility index (Phi) is 5.14. The number of para-hydroxylation sites is 1. The minimum absolute atomic E-state index is 0.0302. The average Bonchev–Trinajstić information content (AvgIpc) is 2.52. The Morgan fingerprint density at radius 1 is 1.09 bits per heavy atom. The Morgan fingerprint density at radius 2 is 1.82 bits per heavy atom. The number of carbonyl (C=O) groups excluding carboxylic acids is 1. The van der Waals surface area contributed by atoms with E-state index < -0.39 is 5.97 Å². The molecule has 114 valence electrons. The Balaban J connectivity index is 2.16. The third-order valence-corrected chi connectivity index (χ3v) is 3.00. The number of benzene rings is 2. The smallest absolute Gasteiger partial charge is 0.335 e. The van der Waals surface area contributed by atoms with Crippen LogP contribution in [0, 0.1) is 0 Å². The molecule has 2 aromatic carbocycles. The predicted molar refractivity (Wildman–Crippen MR) is 83.4 cm³/mol. The van der Waals surface area contributed by atoms with Crippen molar-refractivity contribution in [1.29, 1.82) is 0 Å². The minimum Gasteiger partial charge on any atom is -0.478 e. The van der Waals surface area contributed by atoms with Gasteiger partial charge in [-0.15, -0.1) is 0 Å². The molecule has 5 nitrogen and oxygen atoms in total. The fraction of sp³-hybridized carbons (Fsp3) is 0.176. The molecule has 22 heavy (non-hydrogen) atoms. The first-order valence-corrected chi connectivity index (χ1v) is 6.82. The summed E-state index contributed by atoms with van der Waals surface area (Å²) in [5.41, 5.74) is 0.803. The van der Waals surface area contributed by atoms with Gasteiger partial charge in [0.2, 0.25) is 0 Å². The van der Waals surface area contributed by atoms with Crippen LogP contribution in [0.3, 0.4) is 0 Å². The van der Waals surface area contributed by atoms with Crippen LogP contribution in [0.4, 0.5) is 5.69 Å². The second-order valence-corrected chi connectivity index (χ2v) is 4.84. The quantitative estimate of drug-likeness (QED) is 0.796. The lowest BCUT2D eigenvalue weighted by molar-refractivity contribution is -0.115. The molecule has 1 N–H and O–H groups in total. The van der Waals surface area contributed by atoms with Crippen LogP contribution in [0.15, 0.2) is 54.6 Å². The first-order valence-electron chi connectivity index (χ1n) is 6.82. The summed E-state index contributed by atoms with van der Waals surface area (Å²) in [7, 11) is 0. The molecule has 0 aromatic heterocycles. The summed E-state index contributed by atoms with van der Waals surface area (Å²) in [6.07, 6.45) is 0. The van der Waals surface area contributed by atoms with Crippen LogP contribution in [-0.2, 0) is 4.79 Å². The number of Topliss-reactive ketones (excluding diaryl/α,β-unsaturated/α-hetero) is 1. The molecule has 2 rings (SSSR count). The van der Waals surface area contributed by atoms with E-state index in [0.717, 1.165) is 0 Å². The number of rotatable bonds is 7. The van der Waals surface area contributed by atoms with Gasteiger partial charge in [-0.25, -0.2) is 4.79 Å². The highest BCUT2D eigenvalue weighted by molar-refractivity contribution is 5.89. The highest BCUT2D eigenvalue weighted by Gasteiger charge is 2.12. The average molecular weight is 299 g/mol. The molecule has 0 bridgehead atoms. The summed E-state index contributed by atoms with van der Waals surface area (Å²) in [5.74, 6) is -0.351. The van der Waals surface area contributed by atoms with Crippen LogP contribution < -0.4 is 9.64 Å². The lowest BCUT2D eigenvalue weighted by atomic mass is 10.2. The van der Waals surface area contributed by atoms with Gasteiger partial charge in [-0.3, -0.25) is 4.79 Å². The number of hydrogen-bond acceptors (Lipinski definition) is 4. The molecule has 0 aliphatic rings. The number of carboxylic acids is 1. The van der Waals surface area contributed by atoms with Crippen molar-refractivity contribution < 1.29 is 19.4 Å². The van der Waals surface area contributed by atoms with E-state index in [-0.39, 0.29) is 24.6 Å². The zero-order chi connectivity index (χ0) is 15.9. The van der Waals surface area contributed by atoms with E-state index in [1.165, 1.54) is 19.1 Å². The standard InChI is InChI=1S/C17H17NO4/c1-13(19)11-18(12-22-16-8-3-2-4-9-16)15-7-5-6-14(10-15)17(20)21/h2-10H,11-12H2,1H3,(H,20,21). The third kappa shape index (κ3) is 4.34. The summed E-state index contributed by atoms with van der Waals surface area (Å²) in [4.78, 5) is 24.2. The third-order valence-electron chi connectivity index (χ3n) is 3.00. The molecule has 0 saturated heterocycles. The molecule has 0 aliphatic heterocycles. The van der Waals surface area contributed by atoms with Gasteiger partial charge in [-0.1, -0.05) is 24.3 Å². The van der Waals surface area contributed by atoms with Crippen molar-refractivity contribution in [3.05, 3.63) is 60.2 Å². The second kappa shape index (κ2) is 7.26. The number of ether oxygens (including phenoxy) is 1. The van der Waals surface area contributed by atoms with Gasteiger partial charge in [0.25, 0.3) is 0 Å². The maximum Gasteiger partial charge on any atom is 0.335 e. The van der Waals surface area contributed by atoms with Gasteiger partial charge < -0.3 is 14.7 Å². The molecule has 2 aromatic rings. The lowest BCUT2D eigenvalue weighted by Crippen LogP contribution is -2.32. The van der Waals surface area contributed by atoms with Crippen molar-refractivity contribution in [2.45, 2.75) is 6.92 Å². The number of carbonyl (C=O) groups is 2. The van der Waals surface area contributed by atoms with Crippen molar-refractivity contribution in [2.24, 2.45) is 0 Å². The Morgan fingerprint density at radius 3 is 2.45 bits per heavy atom. The number of ketones is 1. The Bertz CT molecular complexity index is 655. The van der Waals surface area contributed by atoms with Crippen molar-refractivity contribution in [3.8, 4) is 5.75 Å². The topological polar surface area (TPSA) is 66.8 Å². The fourth-order valence-electron chi connectivity index (χ4n) is 1.99. The lowest BCUT2D eigenvalue weighted by Gasteiger charge is -2.24. The maximum atomic E-state index is 11.4. The molecule has 0 radical (unpaired) electrons. The normalized spacial score (nSPS) is 10.0. The van der Waals surface area contributed by atoms with E-state index in [9.17, 15) is 9.59 Å². The summed E-state index contributed by atoms with van der Waals surface area (Å²) in [6, 6.07) is 15.7. The van der Waals surface area contributed by atoms with Gasteiger partial charge in [-0.05, 0) is 37.3 Å². The number of anilines is 1. The highest BCUT2D eigenvalue weighted by atomic mass is 16.5. The SMILES string of the molecule is CC(=O)CN(COc1ccccc1)c1cccc(C(=O)O)c1. The van der Waals surface area contributed by atoms with E-state index in [4.69, 9.17) is 9.84 Å². The van der Waals surface area contributed by atoms with Gasteiger partial charge in [-0.2, -0.15) is 0 Å². The first-order chi connectivity index (χ1) is 10.6. The predicted octanol–water partition coefficient (Wildman–Crippen LogP) is 2.82. The van der Waals surface area contributed by atoms with Gasteiger partial charge in [0.05, 0.1) is 12.1 Å². The first kappa shape index (κ1) is 15.6. The van der Waals surface area contributed by atoms with Gasteiger partial charge in [0, 0.05) is 5.69 Å². The van der Waals surface area contributed by atoms with Crippen LogP contribution in [0.25, 0.3) is 0 Å². The van der Waals surface area contributed by atoms with E-state index in [0.29, 0.717) is 11.4 Å². The van der Waals surface area contributed by atoms with Crippen LogP contribution in [0.1, 0.15) is 17.3 Å². The number of nitrogens with zero attached hydrogens (tertiary/aromatic N) is 1. The van der Waals surface area contributed by atoms with Crippen molar-refractivity contribution in [3.63, 3.8) is 0 Å². The van der Waals surface area contributed by atoms with E-state index in [1.807, 2.05) is 30.3 Å². The zero-order valence-electron chi connectivity index (χ0n) is 12.2. The molecule has 0 aliphatic carbocycles. The molecule has 5 heteroatoms. The largest absolute Gasteiger partial charge is 0.478 e. The number of carboxylic acid groups (broad SMARTS) is 1. The number of hydrogen-bond donors (Lipinski definition) is 1. The van der Waals surface area contributed by atoms with Crippen LogP contribution in [0.5, 0.6) is 5.75 Å². The number of aromatic carboxylic acids is 1. The van der Waals surface area contributed by atoms with Crippen molar-refractivity contribution in [1.82, 2.24) is 0 Å². The summed E-state index contributed by atoms with van der Waals surface area (Å²) >= 11 is 0. The molecule has 0 heterocycles. The van der Waals surface area contributed by atoms with Gasteiger partial charge >= 0.3 is 5.97 Å². The molecule has 0 fully saturated rings. The molecule has 0 amide bonds. The van der Waals surface area contributed by atoms with Gasteiger partial charge in [0.15, 0.2) is 6.73 Å². The molecule has 0 saturated carbocycles. The van der Waals surface area contributed by atoms with Crippen molar-refractivity contribution in [2.75, 3.05) is 18.2 Å². The summed E-state index contributed by atoms with van der Waals surface area (Å²) in [5, 5.41) is 9.06. The second-order valence-electron chi connectivity index (χ2n) is 4.84. The van der Waals surface area contributed by atoms with E-state index in [1.54, 1.807) is 17.0 Å². The Hall–Kier alpha value is -2.82. The molecule has 0 unspecified atom stereocenters. The molecular weight excluding hydrogens is 282 g/mol. The van der Waals surface area contributed by atoms with Crippen LogP contribution >= 0.6 is 0 Å². The van der Waals surface area contributed by atoms with Crippen LogP contribution in [0.2, 0.25) is 0 Å². The minimum atomic E-state index is -1.01. The van der Waals surface area contributed by atoms with E-state index in [2.05, 4.69) is 0 Å². The van der Waals surface area contributed by atoms with Gasteiger partial charge in [0.1, 0.15) is 11.5 Å².